The molecule has 0 heterocycles. The summed E-state index contributed by atoms with van der Waals surface area (Å²) < 4.78 is 5.38. The van der Waals surface area contributed by atoms with Crippen LogP contribution in [0.5, 0.6) is 5.75 Å². The SMILES string of the molecule is COc1ccc(C(Br)=C=O)cc1. The Morgan fingerprint density at radius 2 is 2.00 bits per heavy atom. The maximum Gasteiger partial charge on any atom is 0.140 e. The largest absolute Gasteiger partial charge is 0.497 e. The molecule has 0 saturated heterocycles. The number of hydrogen-bond acceptors (Lipinski definition) is 2. The van der Waals surface area contributed by atoms with E-state index in [0.29, 0.717) is 4.48 Å². The number of methoxy groups -OCH3 is 1. The average Bonchev–Trinajstić information content (AvgIpc) is 2.17. The van der Waals surface area contributed by atoms with Crippen LogP contribution in [0.1, 0.15) is 5.56 Å². The first kappa shape index (κ1) is 9.04. The predicted octanol–water partition coefficient (Wildman–Crippen LogP) is 2.26. The molecule has 0 atom stereocenters. The van der Waals surface area contributed by atoms with Gasteiger partial charge in [0.25, 0.3) is 0 Å². The number of halogens is 1. The van der Waals surface area contributed by atoms with Gasteiger partial charge in [-0.15, -0.1) is 0 Å². The molecule has 0 unspecified atom stereocenters. The number of rotatable bonds is 2. The third-order valence-electron chi connectivity index (χ3n) is 1.43. The first-order valence-corrected chi connectivity index (χ1v) is 4.12. The second-order valence-electron chi connectivity index (χ2n) is 2.14. The van der Waals surface area contributed by atoms with E-state index < -0.39 is 0 Å². The van der Waals surface area contributed by atoms with Gasteiger partial charge in [0.05, 0.1) is 7.11 Å². The molecule has 3 heteroatoms. The van der Waals surface area contributed by atoms with Crippen molar-refractivity contribution >= 4 is 26.4 Å². The standard InChI is InChI=1S/C9H7BrO2/c1-12-8-4-2-7(3-5-8)9(10)6-11/h2-5H,1H3. The zero-order chi connectivity index (χ0) is 8.97. The highest BCUT2D eigenvalue weighted by molar-refractivity contribution is 9.15. The molecular formula is C9H7BrO2. The first-order chi connectivity index (χ1) is 5.77. The fourth-order valence-electron chi connectivity index (χ4n) is 0.796. The zero-order valence-corrected chi connectivity index (χ0v) is 8.09. The van der Waals surface area contributed by atoms with Crippen molar-refractivity contribution in [3.8, 4) is 5.75 Å². The Morgan fingerprint density at radius 1 is 1.42 bits per heavy atom. The van der Waals surface area contributed by atoms with E-state index in [2.05, 4.69) is 15.9 Å². The van der Waals surface area contributed by atoms with Gasteiger partial charge in [-0.3, -0.25) is 0 Å². The zero-order valence-electron chi connectivity index (χ0n) is 6.50. The monoisotopic (exact) mass is 226 g/mol. The van der Waals surface area contributed by atoms with E-state index in [9.17, 15) is 4.79 Å². The third kappa shape index (κ3) is 1.97. The summed E-state index contributed by atoms with van der Waals surface area (Å²) in [7, 11) is 1.60. The van der Waals surface area contributed by atoms with Gasteiger partial charge in [0.2, 0.25) is 0 Å². The van der Waals surface area contributed by atoms with Crippen LogP contribution in [0.25, 0.3) is 4.48 Å². The van der Waals surface area contributed by atoms with Crippen LogP contribution >= 0.6 is 15.9 Å². The fourth-order valence-corrected chi connectivity index (χ4v) is 1.06. The highest BCUT2D eigenvalue weighted by Crippen LogP contribution is 2.20. The van der Waals surface area contributed by atoms with E-state index in [-0.39, 0.29) is 0 Å². The highest BCUT2D eigenvalue weighted by Gasteiger charge is 1.97. The summed E-state index contributed by atoms with van der Waals surface area (Å²) in [5, 5.41) is 0. The van der Waals surface area contributed by atoms with Crippen molar-refractivity contribution in [3.63, 3.8) is 0 Å². The lowest BCUT2D eigenvalue weighted by Gasteiger charge is -1.99. The minimum atomic E-state index is 0.421. The molecule has 0 fully saturated rings. The lowest BCUT2D eigenvalue weighted by Crippen LogP contribution is -1.82. The summed E-state index contributed by atoms with van der Waals surface area (Å²) in [5.41, 5.74) is 0.797. The lowest BCUT2D eigenvalue weighted by atomic mass is 10.2. The molecule has 0 bridgehead atoms. The number of benzene rings is 1. The van der Waals surface area contributed by atoms with E-state index in [1.165, 1.54) is 0 Å². The molecule has 0 aliphatic carbocycles. The van der Waals surface area contributed by atoms with Gasteiger partial charge in [-0.25, -0.2) is 4.79 Å². The van der Waals surface area contributed by atoms with Crippen LogP contribution in [0.15, 0.2) is 24.3 Å². The van der Waals surface area contributed by atoms with Crippen LogP contribution < -0.4 is 4.74 Å². The summed E-state index contributed by atoms with van der Waals surface area (Å²) in [5.74, 6) is 2.53. The molecule has 0 aliphatic heterocycles. The topological polar surface area (TPSA) is 26.3 Å². The quantitative estimate of drug-likeness (QED) is 0.724. The van der Waals surface area contributed by atoms with Gasteiger partial charge in [0.15, 0.2) is 0 Å². The van der Waals surface area contributed by atoms with Crippen LogP contribution in [0.4, 0.5) is 0 Å². The van der Waals surface area contributed by atoms with Gasteiger partial charge >= 0.3 is 0 Å². The third-order valence-corrected chi connectivity index (χ3v) is 2.05. The molecule has 0 aromatic heterocycles. The Hall–Kier alpha value is -1.05. The number of carbonyl (C=O) groups excluding carboxylic acids is 1. The van der Waals surface area contributed by atoms with E-state index in [1.54, 1.807) is 37.3 Å². The van der Waals surface area contributed by atoms with Crippen molar-refractivity contribution in [1.29, 1.82) is 0 Å². The second-order valence-corrected chi connectivity index (χ2v) is 2.94. The van der Waals surface area contributed by atoms with Gasteiger partial charge in [-0.1, -0.05) is 0 Å². The van der Waals surface area contributed by atoms with Crippen molar-refractivity contribution in [3.05, 3.63) is 29.8 Å². The average molecular weight is 227 g/mol. The van der Waals surface area contributed by atoms with E-state index in [4.69, 9.17) is 4.74 Å². The second kappa shape index (κ2) is 4.10. The number of hydrogen-bond donors (Lipinski definition) is 0. The van der Waals surface area contributed by atoms with Gasteiger partial charge in [0.1, 0.15) is 16.2 Å². The molecule has 0 amide bonds. The van der Waals surface area contributed by atoms with Gasteiger partial charge in [-0.2, -0.15) is 0 Å². The van der Waals surface area contributed by atoms with E-state index in [0.717, 1.165) is 11.3 Å². The van der Waals surface area contributed by atoms with Gasteiger partial charge < -0.3 is 4.74 Å². The van der Waals surface area contributed by atoms with E-state index >= 15 is 0 Å². The minimum absolute atomic E-state index is 0.421. The smallest absolute Gasteiger partial charge is 0.140 e. The van der Waals surface area contributed by atoms with Crippen molar-refractivity contribution < 1.29 is 9.53 Å². The molecule has 2 nitrogen and oxygen atoms in total. The Kier molecular flexibility index (Phi) is 3.09. The molecule has 62 valence electrons. The first-order valence-electron chi connectivity index (χ1n) is 3.33. The van der Waals surface area contributed by atoms with E-state index in [1.807, 2.05) is 0 Å². The fraction of sp³-hybridized carbons (Fsp3) is 0.111. The molecule has 0 radical (unpaired) electrons. The summed E-state index contributed by atoms with van der Waals surface area (Å²) in [4.78, 5) is 10.2. The normalized spacial score (nSPS) is 8.83. The van der Waals surface area contributed by atoms with Crippen LogP contribution in [0.3, 0.4) is 0 Å². The van der Waals surface area contributed by atoms with Gasteiger partial charge in [0, 0.05) is 5.56 Å². The van der Waals surface area contributed by atoms with Crippen molar-refractivity contribution in [1.82, 2.24) is 0 Å². The van der Waals surface area contributed by atoms with Crippen molar-refractivity contribution in [2.75, 3.05) is 7.11 Å². The Balaban J connectivity index is 3.00. The lowest BCUT2D eigenvalue weighted by molar-refractivity contribution is 0.415. The van der Waals surface area contributed by atoms with Crippen molar-refractivity contribution in [2.45, 2.75) is 0 Å². The van der Waals surface area contributed by atoms with Crippen LogP contribution in [-0.4, -0.2) is 13.1 Å². The molecule has 1 aromatic rings. The molecule has 1 rings (SSSR count). The Labute approximate surface area is 79.0 Å². The summed E-state index contributed by atoms with van der Waals surface area (Å²) in [6.45, 7) is 0. The summed E-state index contributed by atoms with van der Waals surface area (Å²) >= 11 is 3.08. The summed E-state index contributed by atoms with van der Waals surface area (Å²) in [6.07, 6.45) is 0. The Bertz CT molecular complexity index is 310. The van der Waals surface area contributed by atoms with Crippen LogP contribution in [-0.2, 0) is 4.79 Å². The molecule has 0 spiro atoms. The Morgan fingerprint density at radius 3 is 2.42 bits per heavy atom. The van der Waals surface area contributed by atoms with Gasteiger partial charge in [-0.05, 0) is 40.2 Å². The molecule has 0 saturated carbocycles. The van der Waals surface area contributed by atoms with Crippen molar-refractivity contribution in [2.24, 2.45) is 0 Å². The minimum Gasteiger partial charge on any atom is -0.497 e. The highest BCUT2D eigenvalue weighted by atomic mass is 79.9. The maximum absolute atomic E-state index is 10.2. The molecule has 0 aliphatic rings. The molecule has 0 N–H and O–H groups in total. The number of ether oxygens (including phenoxy) is 1. The molecular weight excluding hydrogens is 220 g/mol. The molecule has 12 heavy (non-hydrogen) atoms. The van der Waals surface area contributed by atoms with Crippen LogP contribution in [0.2, 0.25) is 0 Å². The summed E-state index contributed by atoms with van der Waals surface area (Å²) in [6, 6.07) is 7.14. The predicted molar refractivity (Wildman–Crippen MR) is 51.0 cm³/mol. The van der Waals surface area contributed by atoms with Crippen LogP contribution in [0, 0.1) is 0 Å². The molecule has 1 aromatic carbocycles. The maximum atomic E-state index is 10.2.